The number of nitrogens with one attached hydrogen (secondary N) is 1. The molecule has 1 aliphatic heterocycles. The molecule has 2 N–H and O–H groups in total. The van der Waals surface area contributed by atoms with Crippen LogP contribution >= 0.6 is 0 Å². The molecule has 7 nitrogen and oxygen atoms in total. The molecule has 2 amide bonds. The first kappa shape index (κ1) is 17.6. The second-order valence-corrected chi connectivity index (χ2v) is 5.82. The number of benzene rings is 1. The van der Waals surface area contributed by atoms with Crippen LogP contribution in [0.5, 0.6) is 5.75 Å². The van der Waals surface area contributed by atoms with Crippen LogP contribution in [0, 0.1) is 11.6 Å². The Morgan fingerprint density at radius 2 is 1.96 bits per heavy atom. The predicted octanol–water partition coefficient (Wildman–Crippen LogP) is 0.848. The van der Waals surface area contributed by atoms with Crippen molar-refractivity contribution in [3.8, 4) is 5.75 Å². The molecule has 9 heteroatoms. The van der Waals surface area contributed by atoms with E-state index in [0.717, 1.165) is 12.1 Å². The number of carbonyl (C=O) groups excluding carboxylic acids is 2. The summed E-state index contributed by atoms with van der Waals surface area (Å²) in [5.74, 6) is -4.14. The van der Waals surface area contributed by atoms with Crippen molar-refractivity contribution in [1.29, 1.82) is 0 Å². The van der Waals surface area contributed by atoms with E-state index in [-0.39, 0.29) is 30.9 Å². The first-order chi connectivity index (χ1) is 12.3. The molecule has 0 atom stereocenters. The van der Waals surface area contributed by atoms with Crippen LogP contribution < -0.4 is 10.7 Å². The lowest BCUT2D eigenvalue weighted by atomic mass is 10.1. The number of aromatic nitrogens is 1. The highest BCUT2D eigenvalue weighted by atomic mass is 19.2. The van der Waals surface area contributed by atoms with Crippen molar-refractivity contribution in [2.75, 3.05) is 13.6 Å². The highest BCUT2D eigenvalue weighted by Gasteiger charge is 2.30. The van der Waals surface area contributed by atoms with Crippen molar-refractivity contribution >= 4 is 11.8 Å². The van der Waals surface area contributed by atoms with Gasteiger partial charge in [0.05, 0.1) is 0 Å². The molecule has 1 aromatic heterocycles. The molecule has 0 saturated heterocycles. The summed E-state index contributed by atoms with van der Waals surface area (Å²) in [5.41, 5.74) is -1.08. The molecule has 0 saturated carbocycles. The minimum atomic E-state index is -1.03. The quantitative estimate of drug-likeness (QED) is 0.846. The molecular weight excluding hydrogens is 348 g/mol. The molecule has 0 radical (unpaired) electrons. The van der Waals surface area contributed by atoms with Crippen LogP contribution in [0.3, 0.4) is 0 Å². The Kier molecular flexibility index (Phi) is 4.45. The Morgan fingerprint density at radius 3 is 2.62 bits per heavy atom. The van der Waals surface area contributed by atoms with Gasteiger partial charge in [-0.2, -0.15) is 0 Å². The van der Waals surface area contributed by atoms with E-state index in [1.165, 1.54) is 28.8 Å². The highest BCUT2D eigenvalue weighted by Crippen LogP contribution is 2.22. The van der Waals surface area contributed by atoms with E-state index >= 15 is 0 Å². The molecule has 1 aromatic carbocycles. The Hall–Kier alpha value is -3.23. The van der Waals surface area contributed by atoms with Crippen LogP contribution in [-0.2, 0) is 13.1 Å². The number of rotatable bonds is 3. The number of aromatic hydroxyl groups is 1. The van der Waals surface area contributed by atoms with Crippen molar-refractivity contribution in [3.63, 3.8) is 0 Å². The maximum atomic E-state index is 13.3. The van der Waals surface area contributed by atoms with Gasteiger partial charge in [0.25, 0.3) is 11.8 Å². The fraction of sp³-hybridized carbons (Fsp3) is 0.235. The standard InChI is InChI=1S/C17H15F2N3O4/c1-20-16(25)10-8-21-4-5-22(17(26)13(21)15(24)14(10)23)7-9-2-3-11(18)12(19)6-9/h2-3,6,8,24H,4-5,7H2,1H3,(H,20,25). The second kappa shape index (κ2) is 6.58. The van der Waals surface area contributed by atoms with Crippen LogP contribution in [0.4, 0.5) is 8.78 Å². The third-order valence-electron chi connectivity index (χ3n) is 4.19. The van der Waals surface area contributed by atoms with E-state index in [1.54, 1.807) is 0 Å². The number of hydrogen-bond donors (Lipinski definition) is 2. The van der Waals surface area contributed by atoms with Crippen molar-refractivity contribution in [1.82, 2.24) is 14.8 Å². The van der Waals surface area contributed by atoms with Gasteiger partial charge in [-0.15, -0.1) is 0 Å². The predicted molar refractivity (Wildman–Crippen MR) is 86.9 cm³/mol. The van der Waals surface area contributed by atoms with Crippen molar-refractivity contribution in [3.05, 3.63) is 63.1 Å². The molecule has 136 valence electrons. The Labute approximate surface area is 146 Å². The average Bonchev–Trinajstić information content (AvgIpc) is 2.62. The lowest BCUT2D eigenvalue weighted by Gasteiger charge is -2.30. The minimum Gasteiger partial charge on any atom is -0.503 e. The normalized spacial score (nSPS) is 13.5. The van der Waals surface area contributed by atoms with Crippen molar-refractivity contribution < 1.29 is 23.5 Å². The molecule has 2 heterocycles. The van der Waals surface area contributed by atoms with Crippen LogP contribution in [0.2, 0.25) is 0 Å². The second-order valence-electron chi connectivity index (χ2n) is 5.82. The Morgan fingerprint density at radius 1 is 1.23 bits per heavy atom. The number of amides is 2. The van der Waals surface area contributed by atoms with E-state index in [1.807, 2.05) is 0 Å². The average molecular weight is 363 g/mol. The highest BCUT2D eigenvalue weighted by molar-refractivity contribution is 5.98. The summed E-state index contributed by atoms with van der Waals surface area (Å²) < 4.78 is 27.7. The zero-order valence-electron chi connectivity index (χ0n) is 13.8. The molecule has 1 aliphatic rings. The molecule has 0 spiro atoms. The number of pyridine rings is 1. The van der Waals surface area contributed by atoms with E-state index in [0.29, 0.717) is 5.56 Å². The van der Waals surface area contributed by atoms with Gasteiger partial charge in [-0.3, -0.25) is 14.4 Å². The number of carbonyl (C=O) groups is 2. The lowest BCUT2D eigenvalue weighted by molar-refractivity contribution is 0.0681. The van der Waals surface area contributed by atoms with E-state index in [9.17, 15) is 28.3 Å². The summed E-state index contributed by atoms with van der Waals surface area (Å²) in [6.45, 7) is 0.420. The fourth-order valence-corrected chi connectivity index (χ4v) is 2.84. The number of fused-ring (bicyclic) bond motifs is 1. The van der Waals surface area contributed by atoms with Gasteiger partial charge in [0.1, 0.15) is 5.56 Å². The number of halogens is 2. The third-order valence-corrected chi connectivity index (χ3v) is 4.19. The van der Waals surface area contributed by atoms with Gasteiger partial charge in [0, 0.05) is 32.9 Å². The summed E-state index contributed by atoms with van der Waals surface area (Å²) in [6.07, 6.45) is 1.23. The largest absolute Gasteiger partial charge is 0.503 e. The first-order valence-electron chi connectivity index (χ1n) is 7.75. The van der Waals surface area contributed by atoms with Crippen LogP contribution in [0.25, 0.3) is 0 Å². The fourth-order valence-electron chi connectivity index (χ4n) is 2.84. The molecule has 0 unspecified atom stereocenters. The summed E-state index contributed by atoms with van der Waals surface area (Å²) in [4.78, 5) is 37.8. The van der Waals surface area contributed by atoms with Gasteiger partial charge in [0.15, 0.2) is 23.1 Å². The van der Waals surface area contributed by atoms with Gasteiger partial charge in [-0.25, -0.2) is 8.78 Å². The monoisotopic (exact) mass is 363 g/mol. The van der Waals surface area contributed by atoms with Gasteiger partial charge >= 0.3 is 0 Å². The van der Waals surface area contributed by atoms with E-state index < -0.39 is 34.6 Å². The molecular formula is C17H15F2N3O4. The topological polar surface area (TPSA) is 91.6 Å². The Bertz CT molecular complexity index is 971. The molecule has 2 aromatic rings. The Balaban J connectivity index is 1.95. The summed E-state index contributed by atoms with van der Waals surface area (Å²) >= 11 is 0. The van der Waals surface area contributed by atoms with Gasteiger partial charge in [-0.1, -0.05) is 6.07 Å². The van der Waals surface area contributed by atoms with Crippen molar-refractivity contribution in [2.45, 2.75) is 13.1 Å². The first-order valence-corrected chi connectivity index (χ1v) is 7.75. The summed E-state index contributed by atoms with van der Waals surface area (Å²) in [5, 5.41) is 12.4. The zero-order valence-corrected chi connectivity index (χ0v) is 13.8. The number of nitrogens with zero attached hydrogens (tertiary/aromatic N) is 2. The van der Waals surface area contributed by atoms with E-state index in [4.69, 9.17) is 0 Å². The molecule has 0 aliphatic carbocycles. The summed E-state index contributed by atoms with van der Waals surface area (Å²) in [6, 6.07) is 3.30. The number of hydrogen-bond acceptors (Lipinski definition) is 4. The summed E-state index contributed by atoms with van der Waals surface area (Å²) in [7, 11) is 1.34. The smallest absolute Gasteiger partial charge is 0.274 e. The molecule has 3 rings (SSSR count). The molecule has 26 heavy (non-hydrogen) atoms. The van der Waals surface area contributed by atoms with Crippen LogP contribution in [0.1, 0.15) is 26.4 Å². The molecule has 0 fully saturated rings. The van der Waals surface area contributed by atoms with Gasteiger partial charge in [-0.05, 0) is 17.7 Å². The SMILES string of the molecule is CNC(=O)c1cn2c(c(O)c1=O)C(=O)N(Cc1ccc(F)c(F)c1)CC2. The van der Waals surface area contributed by atoms with Crippen LogP contribution in [-0.4, -0.2) is 40.0 Å². The van der Waals surface area contributed by atoms with Gasteiger partial charge < -0.3 is 19.9 Å². The third kappa shape index (κ3) is 2.92. The zero-order chi connectivity index (χ0) is 19.0. The van der Waals surface area contributed by atoms with Gasteiger partial charge in [0.2, 0.25) is 5.43 Å². The maximum absolute atomic E-state index is 13.3. The lowest BCUT2D eigenvalue weighted by Crippen LogP contribution is -2.42. The van der Waals surface area contributed by atoms with Crippen molar-refractivity contribution in [2.24, 2.45) is 0 Å². The maximum Gasteiger partial charge on any atom is 0.274 e. The minimum absolute atomic E-state index is 0.0130. The van der Waals surface area contributed by atoms with E-state index in [2.05, 4.69) is 5.32 Å². The molecule has 0 bridgehead atoms. The van der Waals surface area contributed by atoms with Crippen LogP contribution in [0.15, 0.2) is 29.2 Å².